The third-order valence-electron chi connectivity index (χ3n) is 3.24. The highest BCUT2D eigenvalue weighted by molar-refractivity contribution is 5.60. The minimum atomic E-state index is 0.792. The topological polar surface area (TPSA) is 18.5 Å². The number of ether oxygens (including phenoxy) is 2. The van der Waals surface area contributed by atoms with Crippen LogP contribution in [-0.2, 0) is 0 Å². The average Bonchev–Trinajstić information content (AvgIpc) is 2.33. The van der Waals surface area contributed by atoms with E-state index in [4.69, 9.17) is 9.47 Å². The van der Waals surface area contributed by atoms with E-state index in [1.165, 1.54) is 5.56 Å². The standard InChI is InChI=1S/C15H14O2/c1-9-7-8-13-15(11(9)3)17-14-10(2)5-4-6-12(14)16-13/h4-8H,1-3H3. The lowest BCUT2D eigenvalue weighted by atomic mass is 10.1. The fraction of sp³-hybridized carbons (Fsp3) is 0.200. The van der Waals surface area contributed by atoms with Gasteiger partial charge in [-0.3, -0.25) is 0 Å². The summed E-state index contributed by atoms with van der Waals surface area (Å²) in [6, 6.07) is 9.95. The van der Waals surface area contributed by atoms with Crippen molar-refractivity contribution in [3.63, 3.8) is 0 Å². The second kappa shape index (κ2) is 3.52. The van der Waals surface area contributed by atoms with Crippen molar-refractivity contribution in [3.05, 3.63) is 47.0 Å². The predicted molar refractivity (Wildman–Crippen MR) is 67.2 cm³/mol. The molecule has 2 heteroatoms. The molecular formula is C15H14O2. The number of rotatable bonds is 0. The zero-order chi connectivity index (χ0) is 12.0. The van der Waals surface area contributed by atoms with E-state index < -0.39 is 0 Å². The van der Waals surface area contributed by atoms with Crippen LogP contribution in [0.25, 0.3) is 0 Å². The van der Waals surface area contributed by atoms with Crippen molar-refractivity contribution in [2.75, 3.05) is 0 Å². The molecule has 1 aliphatic heterocycles. The van der Waals surface area contributed by atoms with Gasteiger partial charge in [-0.15, -0.1) is 0 Å². The van der Waals surface area contributed by atoms with Gasteiger partial charge >= 0.3 is 0 Å². The molecule has 0 aromatic heterocycles. The maximum atomic E-state index is 5.99. The summed E-state index contributed by atoms with van der Waals surface area (Å²) in [5.41, 5.74) is 3.44. The summed E-state index contributed by atoms with van der Waals surface area (Å²) in [7, 11) is 0. The predicted octanol–water partition coefficient (Wildman–Crippen LogP) is 4.51. The molecule has 0 N–H and O–H groups in total. The monoisotopic (exact) mass is 226 g/mol. The number of fused-ring (bicyclic) bond motifs is 2. The van der Waals surface area contributed by atoms with Crippen molar-refractivity contribution < 1.29 is 9.47 Å². The van der Waals surface area contributed by atoms with Crippen LogP contribution in [0.2, 0.25) is 0 Å². The zero-order valence-corrected chi connectivity index (χ0v) is 10.2. The van der Waals surface area contributed by atoms with E-state index in [-0.39, 0.29) is 0 Å². The van der Waals surface area contributed by atoms with Gasteiger partial charge in [0, 0.05) is 0 Å². The average molecular weight is 226 g/mol. The lowest BCUT2D eigenvalue weighted by Crippen LogP contribution is -2.02. The minimum absolute atomic E-state index is 0.792. The van der Waals surface area contributed by atoms with E-state index >= 15 is 0 Å². The highest BCUT2D eigenvalue weighted by atomic mass is 16.6. The largest absolute Gasteiger partial charge is 0.449 e. The molecule has 2 nitrogen and oxygen atoms in total. The van der Waals surface area contributed by atoms with Crippen molar-refractivity contribution in [2.24, 2.45) is 0 Å². The molecule has 1 aliphatic rings. The number of hydrogen-bond donors (Lipinski definition) is 0. The van der Waals surface area contributed by atoms with E-state index in [2.05, 4.69) is 19.9 Å². The highest BCUT2D eigenvalue weighted by Gasteiger charge is 2.22. The molecule has 17 heavy (non-hydrogen) atoms. The molecule has 0 atom stereocenters. The molecule has 86 valence electrons. The van der Waals surface area contributed by atoms with Crippen LogP contribution in [-0.4, -0.2) is 0 Å². The number of aryl methyl sites for hydroxylation is 2. The molecule has 0 amide bonds. The van der Waals surface area contributed by atoms with Gasteiger partial charge in [0.25, 0.3) is 0 Å². The Balaban J connectivity index is 2.18. The van der Waals surface area contributed by atoms with Gasteiger partial charge in [0.05, 0.1) is 0 Å². The van der Waals surface area contributed by atoms with Gasteiger partial charge in [0.1, 0.15) is 0 Å². The van der Waals surface area contributed by atoms with E-state index in [1.807, 2.05) is 31.2 Å². The summed E-state index contributed by atoms with van der Waals surface area (Å²) in [5, 5.41) is 0. The Morgan fingerprint density at radius 2 is 1.47 bits per heavy atom. The fourth-order valence-corrected chi connectivity index (χ4v) is 2.03. The molecule has 0 saturated carbocycles. The molecule has 0 bridgehead atoms. The molecular weight excluding hydrogens is 212 g/mol. The van der Waals surface area contributed by atoms with Gasteiger partial charge in [-0.1, -0.05) is 18.2 Å². The van der Waals surface area contributed by atoms with Gasteiger partial charge in [-0.25, -0.2) is 0 Å². The third kappa shape index (κ3) is 1.48. The first-order chi connectivity index (χ1) is 8.16. The molecule has 0 spiro atoms. The first kappa shape index (κ1) is 10.2. The number of para-hydroxylation sites is 1. The maximum Gasteiger partial charge on any atom is 0.173 e. The minimum Gasteiger partial charge on any atom is -0.449 e. The number of hydrogen-bond acceptors (Lipinski definition) is 2. The van der Waals surface area contributed by atoms with Crippen molar-refractivity contribution in [1.29, 1.82) is 0 Å². The summed E-state index contributed by atoms with van der Waals surface area (Å²) in [6.07, 6.45) is 0. The maximum absolute atomic E-state index is 5.99. The molecule has 0 aliphatic carbocycles. The highest BCUT2D eigenvalue weighted by Crippen LogP contribution is 2.48. The summed E-state index contributed by atoms with van der Waals surface area (Å²) >= 11 is 0. The van der Waals surface area contributed by atoms with Crippen molar-refractivity contribution in [2.45, 2.75) is 20.8 Å². The van der Waals surface area contributed by atoms with Crippen LogP contribution in [0.4, 0.5) is 0 Å². The van der Waals surface area contributed by atoms with Crippen LogP contribution < -0.4 is 9.47 Å². The molecule has 2 aromatic carbocycles. The van der Waals surface area contributed by atoms with Gasteiger partial charge in [0.15, 0.2) is 23.0 Å². The van der Waals surface area contributed by atoms with E-state index in [0.29, 0.717) is 0 Å². The Hall–Kier alpha value is -1.96. The third-order valence-corrected chi connectivity index (χ3v) is 3.24. The van der Waals surface area contributed by atoms with Crippen LogP contribution in [0.15, 0.2) is 30.3 Å². The SMILES string of the molecule is Cc1ccc2c(c1C)Oc1c(C)cccc1O2. The zero-order valence-electron chi connectivity index (χ0n) is 10.2. The van der Waals surface area contributed by atoms with E-state index in [0.717, 1.165) is 34.1 Å². The van der Waals surface area contributed by atoms with Crippen LogP contribution in [0.3, 0.4) is 0 Å². The Bertz CT molecular complexity index is 600. The Morgan fingerprint density at radius 3 is 2.29 bits per heavy atom. The smallest absolute Gasteiger partial charge is 0.173 e. The molecule has 2 aromatic rings. The van der Waals surface area contributed by atoms with Crippen molar-refractivity contribution in [1.82, 2.24) is 0 Å². The van der Waals surface area contributed by atoms with Crippen LogP contribution in [0.5, 0.6) is 23.0 Å². The lowest BCUT2D eigenvalue weighted by molar-refractivity contribution is 0.355. The Morgan fingerprint density at radius 1 is 0.706 bits per heavy atom. The molecule has 0 unspecified atom stereocenters. The Kier molecular flexibility index (Phi) is 2.11. The van der Waals surface area contributed by atoms with Crippen LogP contribution in [0.1, 0.15) is 16.7 Å². The van der Waals surface area contributed by atoms with Crippen LogP contribution >= 0.6 is 0 Å². The number of benzene rings is 2. The normalized spacial score (nSPS) is 12.2. The van der Waals surface area contributed by atoms with Crippen molar-refractivity contribution >= 4 is 0 Å². The molecule has 0 saturated heterocycles. The fourth-order valence-electron chi connectivity index (χ4n) is 2.03. The van der Waals surface area contributed by atoms with Gasteiger partial charge < -0.3 is 9.47 Å². The van der Waals surface area contributed by atoms with Crippen LogP contribution in [0, 0.1) is 20.8 Å². The summed E-state index contributed by atoms with van der Waals surface area (Å²) in [4.78, 5) is 0. The van der Waals surface area contributed by atoms with Gasteiger partial charge in [0.2, 0.25) is 0 Å². The summed E-state index contributed by atoms with van der Waals surface area (Å²) < 4.78 is 11.9. The van der Waals surface area contributed by atoms with Gasteiger partial charge in [-0.2, -0.15) is 0 Å². The second-order valence-electron chi connectivity index (χ2n) is 4.44. The molecule has 3 rings (SSSR count). The summed E-state index contributed by atoms with van der Waals surface area (Å²) in [5.74, 6) is 3.26. The molecule has 1 heterocycles. The summed E-state index contributed by atoms with van der Waals surface area (Å²) in [6.45, 7) is 6.16. The van der Waals surface area contributed by atoms with E-state index in [1.54, 1.807) is 0 Å². The van der Waals surface area contributed by atoms with Crippen molar-refractivity contribution in [3.8, 4) is 23.0 Å². The van der Waals surface area contributed by atoms with E-state index in [9.17, 15) is 0 Å². The molecule has 0 radical (unpaired) electrons. The Labute approximate surface area is 101 Å². The second-order valence-corrected chi connectivity index (χ2v) is 4.44. The van der Waals surface area contributed by atoms with Gasteiger partial charge in [-0.05, 0) is 49.6 Å². The quantitative estimate of drug-likeness (QED) is 0.561. The first-order valence-corrected chi connectivity index (χ1v) is 5.72. The lowest BCUT2D eigenvalue weighted by Gasteiger charge is -2.23. The molecule has 0 fully saturated rings. The first-order valence-electron chi connectivity index (χ1n) is 5.72.